The molecule has 0 aromatic heterocycles. The van der Waals surface area contributed by atoms with Crippen molar-refractivity contribution >= 4 is 0 Å². The lowest BCUT2D eigenvalue weighted by molar-refractivity contribution is 0.0203. The molecule has 0 spiro atoms. The molecular formula is C15H23NO2. The standard InChI is InChI=1S/C15H23NO2/c1-17-15-10-6-5-9-13(15)14(16)11-18-12-7-3-2-4-8-12/h5-6,9-10,12,14H,2-4,7-8,11,16H2,1H3. The first kappa shape index (κ1) is 13.4. The van der Waals surface area contributed by atoms with Gasteiger partial charge < -0.3 is 15.2 Å². The normalized spacial score (nSPS) is 18.6. The molecule has 0 bridgehead atoms. The summed E-state index contributed by atoms with van der Waals surface area (Å²) >= 11 is 0. The van der Waals surface area contributed by atoms with Gasteiger partial charge in [-0.1, -0.05) is 37.5 Å². The van der Waals surface area contributed by atoms with E-state index in [0.717, 1.165) is 11.3 Å². The Morgan fingerprint density at radius 1 is 1.22 bits per heavy atom. The molecule has 2 rings (SSSR count). The molecule has 0 saturated heterocycles. The fraction of sp³-hybridized carbons (Fsp3) is 0.600. The van der Waals surface area contributed by atoms with Gasteiger partial charge in [-0.3, -0.25) is 0 Å². The number of nitrogens with two attached hydrogens (primary N) is 1. The second kappa shape index (κ2) is 6.76. The van der Waals surface area contributed by atoms with Gasteiger partial charge in [-0.2, -0.15) is 0 Å². The highest BCUT2D eigenvalue weighted by atomic mass is 16.5. The average Bonchev–Trinajstić information content (AvgIpc) is 2.45. The van der Waals surface area contributed by atoms with E-state index in [4.69, 9.17) is 15.2 Å². The third kappa shape index (κ3) is 3.47. The van der Waals surface area contributed by atoms with Crippen molar-refractivity contribution in [3.05, 3.63) is 29.8 Å². The third-order valence-corrected chi connectivity index (χ3v) is 3.60. The maximum Gasteiger partial charge on any atom is 0.123 e. The molecule has 1 saturated carbocycles. The minimum Gasteiger partial charge on any atom is -0.496 e. The van der Waals surface area contributed by atoms with Gasteiger partial charge in [-0.15, -0.1) is 0 Å². The Hall–Kier alpha value is -1.06. The van der Waals surface area contributed by atoms with E-state index in [2.05, 4.69) is 0 Å². The summed E-state index contributed by atoms with van der Waals surface area (Å²) in [5, 5.41) is 0. The highest BCUT2D eigenvalue weighted by Gasteiger charge is 2.17. The van der Waals surface area contributed by atoms with Crippen molar-refractivity contribution in [1.29, 1.82) is 0 Å². The first-order valence-corrected chi connectivity index (χ1v) is 6.81. The predicted molar refractivity (Wildman–Crippen MR) is 72.7 cm³/mol. The van der Waals surface area contributed by atoms with E-state index in [1.165, 1.54) is 32.1 Å². The van der Waals surface area contributed by atoms with Crippen LogP contribution in [0.15, 0.2) is 24.3 Å². The second-order valence-electron chi connectivity index (χ2n) is 4.94. The first-order chi connectivity index (χ1) is 8.81. The lowest BCUT2D eigenvalue weighted by atomic mass is 9.97. The van der Waals surface area contributed by atoms with Gasteiger partial charge in [0, 0.05) is 5.56 Å². The summed E-state index contributed by atoms with van der Waals surface area (Å²) in [6, 6.07) is 7.78. The molecule has 1 aliphatic rings. The zero-order chi connectivity index (χ0) is 12.8. The number of benzene rings is 1. The van der Waals surface area contributed by atoms with Crippen LogP contribution in [-0.2, 0) is 4.74 Å². The summed E-state index contributed by atoms with van der Waals surface area (Å²) in [6.07, 6.45) is 6.68. The third-order valence-electron chi connectivity index (χ3n) is 3.60. The molecule has 2 N–H and O–H groups in total. The van der Waals surface area contributed by atoms with Crippen LogP contribution in [0.4, 0.5) is 0 Å². The Bertz CT molecular complexity index is 361. The molecule has 1 aromatic rings. The molecule has 18 heavy (non-hydrogen) atoms. The van der Waals surface area contributed by atoms with Crippen LogP contribution in [0.25, 0.3) is 0 Å². The van der Waals surface area contributed by atoms with E-state index in [0.29, 0.717) is 12.7 Å². The van der Waals surface area contributed by atoms with Crippen LogP contribution < -0.4 is 10.5 Å². The molecule has 100 valence electrons. The minimum absolute atomic E-state index is 0.108. The number of methoxy groups -OCH3 is 1. The predicted octanol–water partition coefficient (Wildman–Crippen LogP) is 3.04. The molecule has 0 heterocycles. The highest BCUT2D eigenvalue weighted by molar-refractivity contribution is 5.35. The smallest absolute Gasteiger partial charge is 0.123 e. The van der Waals surface area contributed by atoms with Crippen LogP contribution in [0, 0.1) is 0 Å². The van der Waals surface area contributed by atoms with Gasteiger partial charge in [0.05, 0.1) is 25.9 Å². The molecule has 1 fully saturated rings. The van der Waals surface area contributed by atoms with Crippen molar-refractivity contribution < 1.29 is 9.47 Å². The van der Waals surface area contributed by atoms with Gasteiger partial charge in [0.15, 0.2) is 0 Å². The van der Waals surface area contributed by atoms with E-state index in [9.17, 15) is 0 Å². The molecule has 0 radical (unpaired) electrons. The lowest BCUT2D eigenvalue weighted by Gasteiger charge is -2.24. The molecule has 3 nitrogen and oxygen atoms in total. The zero-order valence-electron chi connectivity index (χ0n) is 11.1. The summed E-state index contributed by atoms with van der Waals surface area (Å²) in [5.41, 5.74) is 7.21. The van der Waals surface area contributed by atoms with Crippen LogP contribution in [0.1, 0.15) is 43.7 Å². The minimum atomic E-state index is -0.108. The Morgan fingerprint density at radius 2 is 1.94 bits per heavy atom. The van der Waals surface area contributed by atoms with Gasteiger partial charge in [-0.05, 0) is 18.9 Å². The van der Waals surface area contributed by atoms with Crippen LogP contribution in [-0.4, -0.2) is 19.8 Å². The zero-order valence-corrected chi connectivity index (χ0v) is 11.1. The number of ether oxygens (including phenoxy) is 2. The van der Waals surface area contributed by atoms with Crippen molar-refractivity contribution in [2.24, 2.45) is 5.73 Å². The first-order valence-electron chi connectivity index (χ1n) is 6.81. The maximum atomic E-state index is 6.18. The van der Waals surface area contributed by atoms with Crippen LogP contribution in [0.2, 0.25) is 0 Å². The molecular weight excluding hydrogens is 226 g/mol. The summed E-state index contributed by atoms with van der Waals surface area (Å²) in [4.78, 5) is 0. The lowest BCUT2D eigenvalue weighted by Crippen LogP contribution is -2.24. The summed E-state index contributed by atoms with van der Waals surface area (Å²) < 4.78 is 11.2. The Labute approximate surface area is 109 Å². The fourth-order valence-corrected chi connectivity index (χ4v) is 2.53. The van der Waals surface area contributed by atoms with E-state index < -0.39 is 0 Å². The van der Waals surface area contributed by atoms with Crippen molar-refractivity contribution in [2.75, 3.05) is 13.7 Å². The summed E-state index contributed by atoms with van der Waals surface area (Å²) in [5.74, 6) is 0.845. The number of hydrogen-bond donors (Lipinski definition) is 1. The van der Waals surface area contributed by atoms with Gasteiger partial charge in [0.25, 0.3) is 0 Å². The maximum absolute atomic E-state index is 6.18. The van der Waals surface area contributed by atoms with Crippen molar-refractivity contribution in [2.45, 2.75) is 44.2 Å². The SMILES string of the molecule is COc1ccccc1C(N)COC1CCCCC1. The van der Waals surface area contributed by atoms with E-state index in [1.807, 2.05) is 24.3 Å². The van der Waals surface area contributed by atoms with Crippen LogP contribution >= 0.6 is 0 Å². The molecule has 0 aliphatic heterocycles. The molecule has 0 amide bonds. The van der Waals surface area contributed by atoms with Crippen LogP contribution in [0.5, 0.6) is 5.75 Å². The molecule has 1 unspecified atom stereocenters. The van der Waals surface area contributed by atoms with E-state index in [-0.39, 0.29) is 6.04 Å². The summed E-state index contributed by atoms with van der Waals surface area (Å²) in [7, 11) is 1.67. The number of para-hydroxylation sites is 1. The van der Waals surface area contributed by atoms with Gasteiger partial charge in [0.1, 0.15) is 5.75 Å². The van der Waals surface area contributed by atoms with Crippen molar-refractivity contribution in [3.63, 3.8) is 0 Å². The fourth-order valence-electron chi connectivity index (χ4n) is 2.53. The molecule has 1 aromatic carbocycles. The molecule has 3 heteroatoms. The number of rotatable bonds is 5. The topological polar surface area (TPSA) is 44.5 Å². The molecule has 1 aliphatic carbocycles. The van der Waals surface area contributed by atoms with Crippen molar-refractivity contribution in [3.8, 4) is 5.75 Å². The quantitative estimate of drug-likeness (QED) is 0.872. The Morgan fingerprint density at radius 3 is 2.67 bits per heavy atom. The Kier molecular flexibility index (Phi) is 5.02. The second-order valence-corrected chi connectivity index (χ2v) is 4.94. The van der Waals surface area contributed by atoms with Gasteiger partial charge in [0.2, 0.25) is 0 Å². The van der Waals surface area contributed by atoms with Crippen LogP contribution in [0.3, 0.4) is 0 Å². The van der Waals surface area contributed by atoms with Crippen molar-refractivity contribution in [1.82, 2.24) is 0 Å². The Balaban J connectivity index is 1.88. The van der Waals surface area contributed by atoms with Gasteiger partial charge >= 0.3 is 0 Å². The molecule has 1 atom stereocenters. The van der Waals surface area contributed by atoms with E-state index in [1.54, 1.807) is 7.11 Å². The number of hydrogen-bond acceptors (Lipinski definition) is 3. The largest absolute Gasteiger partial charge is 0.496 e. The van der Waals surface area contributed by atoms with Gasteiger partial charge in [-0.25, -0.2) is 0 Å². The average molecular weight is 249 g/mol. The highest BCUT2D eigenvalue weighted by Crippen LogP contribution is 2.25. The van der Waals surface area contributed by atoms with E-state index >= 15 is 0 Å². The monoisotopic (exact) mass is 249 g/mol. The summed E-state index contributed by atoms with van der Waals surface area (Å²) in [6.45, 7) is 0.574.